The van der Waals surface area contributed by atoms with Gasteiger partial charge in [0.1, 0.15) is 11.2 Å². The molecule has 0 radical (unpaired) electrons. The summed E-state index contributed by atoms with van der Waals surface area (Å²) in [6.07, 6.45) is 0. The van der Waals surface area contributed by atoms with Crippen LogP contribution in [-0.2, 0) is 0 Å². The third-order valence-electron chi connectivity index (χ3n) is 9.33. The standard InChI is InChI=1S/C45H27N3OS/c1-2-11-28(12-3-1)43-46-44(48-45(47-43)33-23-24-36-35-17-4-6-20-38(35)49-39(36)27-33)32-16-9-14-30(26-32)29-13-8-15-31(25-29)34-19-10-22-41-42(34)37-18-5-7-21-40(37)50-41/h1-27H. The van der Waals surface area contributed by atoms with Gasteiger partial charge in [-0.1, -0.05) is 121 Å². The van der Waals surface area contributed by atoms with Crippen LogP contribution in [0.25, 0.3) is 98.5 Å². The molecule has 0 amide bonds. The lowest BCUT2D eigenvalue weighted by atomic mass is 9.95. The van der Waals surface area contributed by atoms with Gasteiger partial charge in [-0.2, -0.15) is 0 Å². The Morgan fingerprint density at radius 2 is 0.920 bits per heavy atom. The molecule has 7 aromatic carbocycles. The number of nitrogens with zero attached hydrogens (tertiary/aromatic N) is 3. The summed E-state index contributed by atoms with van der Waals surface area (Å²) in [6, 6.07) is 57.0. The number of aromatic nitrogens is 3. The van der Waals surface area contributed by atoms with Crippen molar-refractivity contribution >= 4 is 53.4 Å². The van der Waals surface area contributed by atoms with Gasteiger partial charge < -0.3 is 4.42 Å². The molecule has 10 rings (SSSR count). The summed E-state index contributed by atoms with van der Waals surface area (Å²) in [5.74, 6) is 1.84. The van der Waals surface area contributed by atoms with Crippen molar-refractivity contribution in [1.82, 2.24) is 15.0 Å². The van der Waals surface area contributed by atoms with Gasteiger partial charge in [0, 0.05) is 47.6 Å². The second kappa shape index (κ2) is 11.6. The molecule has 0 saturated carbocycles. The second-order valence-electron chi connectivity index (χ2n) is 12.4. The van der Waals surface area contributed by atoms with Crippen LogP contribution >= 0.6 is 11.3 Å². The third-order valence-corrected chi connectivity index (χ3v) is 10.5. The average molecular weight is 658 g/mol. The Bertz CT molecular complexity index is 2890. The van der Waals surface area contributed by atoms with E-state index in [4.69, 9.17) is 19.4 Å². The number of fused-ring (bicyclic) bond motifs is 6. The van der Waals surface area contributed by atoms with Gasteiger partial charge in [-0.25, -0.2) is 15.0 Å². The minimum atomic E-state index is 0.597. The number of rotatable bonds is 5. The van der Waals surface area contributed by atoms with E-state index in [1.165, 1.54) is 31.3 Å². The SMILES string of the molecule is c1ccc(-c2nc(-c3cccc(-c4cccc(-c5cccc6sc7ccccc7c56)c4)c3)nc(-c3ccc4c(c3)oc3ccccc34)n2)cc1. The van der Waals surface area contributed by atoms with E-state index >= 15 is 0 Å². The minimum absolute atomic E-state index is 0.597. The lowest BCUT2D eigenvalue weighted by molar-refractivity contribution is 0.669. The van der Waals surface area contributed by atoms with E-state index in [1.54, 1.807) is 0 Å². The van der Waals surface area contributed by atoms with Gasteiger partial charge in [0.2, 0.25) is 0 Å². The van der Waals surface area contributed by atoms with Crippen molar-refractivity contribution in [3.8, 4) is 56.4 Å². The highest BCUT2D eigenvalue weighted by atomic mass is 32.1. The zero-order chi connectivity index (χ0) is 33.0. The van der Waals surface area contributed by atoms with Gasteiger partial charge >= 0.3 is 0 Å². The fourth-order valence-electron chi connectivity index (χ4n) is 6.93. The summed E-state index contributed by atoms with van der Waals surface area (Å²) < 4.78 is 8.83. The van der Waals surface area contributed by atoms with Crippen LogP contribution in [0.5, 0.6) is 0 Å². The van der Waals surface area contributed by atoms with Gasteiger partial charge in [-0.3, -0.25) is 0 Å². The number of furan rings is 1. The fourth-order valence-corrected chi connectivity index (χ4v) is 8.07. The van der Waals surface area contributed by atoms with Gasteiger partial charge in [-0.05, 0) is 64.7 Å². The first-order chi connectivity index (χ1) is 24.7. The Kier molecular flexibility index (Phi) is 6.64. The molecule has 234 valence electrons. The average Bonchev–Trinajstić information content (AvgIpc) is 3.76. The molecular weight excluding hydrogens is 631 g/mol. The molecule has 0 aliphatic heterocycles. The maximum absolute atomic E-state index is 6.22. The molecule has 0 atom stereocenters. The highest BCUT2D eigenvalue weighted by Crippen LogP contribution is 2.41. The minimum Gasteiger partial charge on any atom is -0.456 e. The number of hydrogen-bond donors (Lipinski definition) is 0. The number of benzene rings is 7. The van der Waals surface area contributed by atoms with Crippen molar-refractivity contribution in [1.29, 1.82) is 0 Å². The van der Waals surface area contributed by atoms with E-state index in [-0.39, 0.29) is 0 Å². The molecule has 0 aliphatic carbocycles. The topological polar surface area (TPSA) is 51.8 Å². The fraction of sp³-hybridized carbons (Fsp3) is 0. The van der Waals surface area contributed by atoms with Gasteiger partial charge in [-0.15, -0.1) is 11.3 Å². The molecule has 50 heavy (non-hydrogen) atoms. The molecule has 4 nitrogen and oxygen atoms in total. The Labute approximate surface area is 292 Å². The zero-order valence-electron chi connectivity index (χ0n) is 26.7. The largest absolute Gasteiger partial charge is 0.456 e. The highest BCUT2D eigenvalue weighted by molar-refractivity contribution is 7.25. The molecule has 10 aromatic rings. The number of hydrogen-bond acceptors (Lipinski definition) is 5. The first-order valence-electron chi connectivity index (χ1n) is 16.6. The van der Waals surface area contributed by atoms with E-state index in [1.807, 2.05) is 65.9 Å². The van der Waals surface area contributed by atoms with E-state index in [0.717, 1.165) is 49.8 Å². The summed E-state index contributed by atoms with van der Waals surface area (Å²) in [5, 5.41) is 4.78. The predicted octanol–water partition coefficient (Wildman–Crippen LogP) is 12.5. The third kappa shape index (κ3) is 4.87. The van der Waals surface area contributed by atoms with E-state index < -0.39 is 0 Å². The van der Waals surface area contributed by atoms with Crippen LogP contribution in [0.1, 0.15) is 0 Å². The summed E-state index contributed by atoms with van der Waals surface area (Å²) in [6.45, 7) is 0. The predicted molar refractivity (Wildman–Crippen MR) is 207 cm³/mol. The summed E-state index contributed by atoms with van der Waals surface area (Å²) in [7, 11) is 0. The first-order valence-corrected chi connectivity index (χ1v) is 17.4. The quantitative estimate of drug-likeness (QED) is 0.185. The Balaban J connectivity index is 1.08. The maximum atomic E-state index is 6.22. The second-order valence-corrected chi connectivity index (χ2v) is 13.5. The molecule has 0 saturated heterocycles. The van der Waals surface area contributed by atoms with Crippen LogP contribution in [0.3, 0.4) is 0 Å². The van der Waals surface area contributed by atoms with Crippen LogP contribution in [0, 0.1) is 0 Å². The van der Waals surface area contributed by atoms with Gasteiger partial charge in [0.15, 0.2) is 17.5 Å². The smallest absolute Gasteiger partial charge is 0.164 e. The zero-order valence-corrected chi connectivity index (χ0v) is 27.6. The number of thiophene rings is 1. The molecule has 0 aliphatic rings. The molecule has 5 heteroatoms. The van der Waals surface area contributed by atoms with Crippen LogP contribution in [0.4, 0.5) is 0 Å². The van der Waals surface area contributed by atoms with E-state index in [9.17, 15) is 0 Å². The summed E-state index contributed by atoms with van der Waals surface area (Å²) >= 11 is 1.85. The van der Waals surface area contributed by atoms with Crippen molar-refractivity contribution in [3.05, 3.63) is 164 Å². The highest BCUT2D eigenvalue weighted by Gasteiger charge is 2.16. The van der Waals surface area contributed by atoms with E-state index in [2.05, 4.69) is 109 Å². The van der Waals surface area contributed by atoms with Crippen LogP contribution in [0.2, 0.25) is 0 Å². The van der Waals surface area contributed by atoms with Crippen LogP contribution in [-0.4, -0.2) is 15.0 Å². The summed E-state index contributed by atoms with van der Waals surface area (Å²) in [4.78, 5) is 15.0. The molecule has 0 fully saturated rings. The molecule has 0 unspecified atom stereocenters. The molecule has 3 aromatic heterocycles. The van der Waals surface area contributed by atoms with Crippen molar-refractivity contribution in [2.45, 2.75) is 0 Å². The normalized spacial score (nSPS) is 11.6. The lowest BCUT2D eigenvalue weighted by Crippen LogP contribution is -2.00. The van der Waals surface area contributed by atoms with Gasteiger partial charge in [0.25, 0.3) is 0 Å². The Hall–Kier alpha value is -6.43. The van der Waals surface area contributed by atoms with Crippen molar-refractivity contribution in [2.75, 3.05) is 0 Å². The molecular formula is C45H27N3OS. The number of para-hydroxylation sites is 1. The monoisotopic (exact) mass is 657 g/mol. The van der Waals surface area contributed by atoms with Gasteiger partial charge in [0.05, 0.1) is 0 Å². The molecule has 3 heterocycles. The van der Waals surface area contributed by atoms with Crippen molar-refractivity contribution in [3.63, 3.8) is 0 Å². The summed E-state index contributed by atoms with van der Waals surface area (Å²) in [5.41, 5.74) is 9.06. The van der Waals surface area contributed by atoms with Crippen LogP contribution < -0.4 is 0 Å². The Morgan fingerprint density at radius 3 is 1.74 bits per heavy atom. The molecule has 0 spiro atoms. The van der Waals surface area contributed by atoms with Crippen LogP contribution in [0.15, 0.2) is 168 Å². The maximum Gasteiger partial charge on any atom is 0.164 e. The van der Waals surface area contributed by atoms with Crippen molar-refractivity contribution in [2.24, 2.45) is 0 Å². The van der Waals surface area contributed by atoms with Crippen molar-refractivity contribution < 1.29 is 4.42 Å². The Morgan fingerprint density at radius 1 is 0.360 bits per heavy atom. The molecule has 0 bridgehead atoms. The lowest BCUT2D eigenvalue weighted by Gasteiger charge is -2.11. The first kappa shape index (κ1) is 28.6. The molecule has 0 N–H and O–H groups in total. The van der Waals surface area contributed by atoms with E-state index in [0.29, 0.717) is 17.5 Å².